The summed E-state index contributed by atoms with van der Waals surface area (Å²) in [6, 6.07) is 17.0. The van der Waals surface area contributed by atoms with Crippen LogP contribution in [0.1, 0.15) is 10.4 Å². The SMILES string of the molecule is Clc1sc(Br)cc1Cc1ccc(-c2ccccc2)s1. The third kappa shape index (κ3) is 3.11. The van der Waals surface area contributed by atoms with E-state index in [1.54, 1.807) is 11.3 Å². The van der Waals surface area contributed by atoms with Crippen molar-refractivity contribution in [3.05, 3.63) is 67.1 Å². The van der Waals surface area contributed by atoms with Crippen molar-refractivity contribution in [2.24, 2.45) is 0 Å². The number of halogens is 2. The number of hydrogen-bond acceptors (Lipinski definition) is 2. The standard InChI is InChI=1S/C15H10BrClS2/c16-14-9-11(15(17)19-14)8-12-6-7-13(18-12)10-4-2-1-3-5-10/h1-7,9H,8H2. The fraction of sp³-hybridized carbons (Fsp3) is 0.0667. The molecule has 3 rings (SSSR count). The molecule has 1 aromatic carbocycles. The van der Waals surface area contributed by atoms with Crippen LogP contribution in [0.15, 0.2) is 52.3 Å². The summed E-state index contributed by atoms with van der Waals surface area (Å²) in [5.74, 6) is 0. The molecule has 19 heavy (non-hydrogen) atoms. The maximum absolute atomic E-state index is 6.21. The molecule has 0 atom stereocenters. The molecule has 0 aliphatic carbocycles. The van der Waals surface area contributed by atoms with Gasteiger partial charge in [0.2, 0.25) is 0 Å². The Bertz CT molecular complexity index is 685. The van der Waals surface area contributed by atoms with Crippen LogP contribution in [0.5, 0.6) is 0 Å². The van der Waals surface area contributed by atoms with E-state index in [2.05, 4.69) is 58.4 Å². The van der Waals surface area contributed by atoms with Gasteiger partial charge in [-0.1, -0.05) is 41.9 Å². The second kappa shape index (κ2) is 5.80. The molecule has 0 aliphatic heterocycles. The molecule has 4 heteroatoms. The summed E-state index contributed by atoms with van der Waals surface area (Å²) < 4.78 is 1.97. The van der Waals surface area contributed by atoms with E-state index in [9.17, 15) is 0 Å². The zero-order valence-electron chi connectivity index (χ0n) is 9.90. The highest BCUT2D eigenvalue weighted by molar-refractivity contribution is 9.11. The second-order valence-electron chi connectivity index (χ2n) is 4.16. The molecule has 0 N–H and O–H groups in total. The van der Waals surface area contributed by atoms with Gasteiger partial charge in [0.05, 0.1) is 8.12 Å². The van der Waals surface area contributed by atoms with Gasteiger partial charge in [0.15, 0.2) is 0 Å². The smallest absolute Gasteiger partial charge is 0.0975 e. The highest BCUT2D eigenvalue weighted by Crippen LogP contribution is 2.35. The molecule has 96 valence electrons. The van der Waals surface area contributed by atoms with Crippen LogP contribution in [-0.4, -0.2) is 0 Å². The summed E-state index contributed by atoms with van der Waals surface area (Å²) >= 11 is 13.1. The Hall–Kier alpha value is -0.610. The summed E-state index contributed by atoms with van der Waals surface area (Å²) in [6.07, 6.45) is 0.901. The zero-order valence-corrected chi connectivity index (χ0v) is 13.9. The average molecular weight is 370 g/mol. The lowest BCUT2D eigenvalue weighted by atomic mass is 10.2. The minimum absolute atomic E-state index is 0.876. The molecular weight excluding hydrogens is 360 g/mol. The number of benzene rings is 1. The second-order valence-corrected chi connectivity index (χ2v) is 8.36. The van der Waals surface area contributed by atoms with E-state index in [0.717, 1.165) is 14.5 Å². The van der Waals surface area contributed by atoms with E-state index in [0.29, 0.717) is 0 Å². The van der Waals surface area contributed by atoms with Crippen molar-refractivity contribution < 1.29 is 0 Å². The normalized spacial score (nSPS) is 10.8. The van der Waals surface area contributed by atoms with Gasteiger partial charge in [-0.2, -0.15) is 0 Å². The molecule has 2 aromatic heterocycles. The molecule has 0 aliphatic rings. The third-order valence-corrected chi connectivity index (χ3v) is 5.89. The maximum atomic E-state index is 6.21. The van der Waals surface area contributed by atoms with Crippen LogP contribution in [0.4, 0.5) is 0 Å². The van der Waals surface area contributed by atoms with Gasteiger partial charge in [0, 0.05) is 16.2 Å². The molecule has 3 aromatic rings. The lowest BCUT2D eigenvalue weighted by molar-refractivity contribution is 1.26. The van der Waals surface area contributed by atoms with Crippen molar-refractivity contribution in [3.63, 3.8) is 0 Å². The number of thiophene rings is 2. The molecular formula is C15H10BrClS2. The monoisotopic (exact) mass is 368 g/mol. The Balaban J connectivity index is 1.84. The Morgan fingerprint density at radius 3 is 2.47 bits per heavy atom. The first-order valence-corrected chi connectivity index (χ1v) is 8.60. The molecule has 0 fully saturated rings. The van der Waals surface area contributed by atoms with Crippen LogP contribution < -0.4 is 0 Å². The first-order valence-electron chi connectivity index (χ1n) is 5.80. The Morgan fingerprint density at radius 2 is 1.79 bits per heavy atom. The van der Waals surface area contributed by atoms with Crippen LogP contribution in [0.2, 0.25) is 4.34 Å². The van der Waals surface area contributed by atoms with Gasteiger partial charge in [-0.15, -0.1) is 22.7 Å². The largest absolute Gasteiger partial charge is 0.140 e. The van der Waals surface area contributed by atoms with Gasteiger partial charge in [0.1, 0.15) is 0 Å². The van der Waals surface area contributed by atoms with Crippen LogP contribution in [0.3, 0.4) is 0 Å². The van der Waals surface area contributed by atoms with Crippen LogP contribution in [-0.2, 0) is 6.42 Å². The molecule has 2 heterocycles. The van der Waals surface area contributed by atoms with Crippen molar-refractivity contribution in [2.45, 2.75) is 6.42 Å². The Labute approximate surface area is 133 Å². The average Bonchev–Trinajstić information content (AvgIpc) is 2.99. The summed E-state index contributed by atoms with van der Waals surface area (Å²) in [4.78, 5) is 2.65. The summed E-state index contributed by atoms with van der Waals surface area (Å²) in [6.45, 7) is 0. The predicted molar refractivity (Wildman–Crippen MR) is 89.6 cm³/mol. The van der Waals surface area contributed by atoms with Crippen molar-refractivity contribution in [1.82, 2.24) is 0 Å². The van der Waals surface area contributed by atoms with E-state index in [-0.39, 0.29) is 0 Å². The molecule has 0 nitrogen and oxygen atoms in total. The minimum Gasteiger partial charge on any atom is -0.140 e. The van der Waals surface area contributed by atoms with E-state index in [4.69, 9.17) is 11.6 Å². The molecule has 0 saturated carbocycles. The fourth-order valence-corrected chi connectivity index (χ4v) is 5.00. The summed E-state index contributed by atoms with van der Waals surface area (Å²) in [5, 5.41) is 0. The van der Waals surface area contributed by atoms with Crippen LogP contribution in [0.25, 0.3) is 10.4 Å². The van der Waals surface area contributed by atoms with Crippen LogP contribution >= 0.6 is 50.2 Å². The quantitative estimate of drug-likeness (QED) is 0.495. The van der Waals surface area contributed by atoms with Crippen molar-refractivity contribution in [1.29, 1.82) is 0 Å². The van der Waals surface area contributed by atoms with Crippen molar-refractivity contribution >= 4 is 50.2 Å². The molecule has 0 unspecified atom stereocenters. The molecule has 0 saturated heterocycles. The van der Waals surface area contributed by atoms with Gasteiger partial charge in [-0.25, -0.2) is 0 Å². The topological polar surface area (TPSA) is 0 Å². The highest BCUT2D eigenvalue weighted by atomic mass is 79.9. The Kier molecular flexibility index (Phi) is 4.08. The number of hydrogen-bond donors (Lipinski definition) is 0. The van der Waals surface area contributed by atoms with Gasteiger partial charge in [-0.05, 0) is 45.3 Å². The van der Waals surface area contributed by atoms with E-state index in [1.165, 1.54) is 20.9 Å². The van der Waals surface area contributed by atoms with E-state index < -0.39 is 0 Å². The number of rotatable bonds is 3. The van der Waals surface area contributed by atoms with E-state index in [1.807, 2.05) is 17.4 Å². The highest BCUT2D eigenvalue weighted by Gasteiger charge is 2.09. The predicted octanol–water partition coefficient (Wildman–Crippen LogP) is 6.48. The molecule has 0 amide bonds. The first-order chi connectivity index (χ1) is 9.22. The van der Waals surface area contributed by atoms with Crippen molar-refractivity contribution in [2.75, 3.05) is 0 Å². The fourth-order valence-electron chi connectivity index (χ4n) is 1.91. The lowest BCUT2D eigenvalue weighted by Gasteiger charge is -1.96. The lowest BCUT2D eigenvalue weighted by Crippen LogP contribution is -1.80. The van der Waals surface area contributed by atoms with Crippen molar-refractivity contribution in [3.8, 4) is 10.4 Å². The Morgan fingerprint density at radius 1 is 1.00 bits per heavy atom. The van der Waals surface area contributed by atoms with Gasteiger partial charge < -0.3 is 0 Å². The molecule has 0 spiro atoms. The molecule has 0 radical (unpaired) electrons. The van der Waals surface area contributed by atoms with Crippen LogP contribution in [0, 0.1) is 0 Å². The summed E-state index contributed by atoms with van der Waals surface area (Å²) in [7, 11) is 0. The molecule has 0 bridgehead atoms. The van der Waals surface area contributed by atoms with Gasteiger partial charge in [-0.3, -0.25) is 0 Å². The third-order valence-electron chi connectivity index (χ3n) is 2.81. The van der Waals surface area contributed by atoms with Gasteiger partial charge >= 0.3 is 0 Å². The first kappa shape index (κ1) is 13.4. The minimum atomic E-state index is 0.876. The maximum Gasteiger partial charge on any atom is 0.0975 e. The van der Waals surface area contributed by atoms with Gasteiger partial charge in [0.25, 0.3) is 0 Å². The van der Waals surface area contributed by atoms with E-state index >= 15 is 0 Å². The zero-order chi connectivity index (χ0) is 13.2. The summed E-state index contributed by atoms with van der Waals surface area (Å²) in [5.41, 5.74) is 2.47.